The highest BCUT2D eigenvalue weighted by Crippen LogP contribution is 2.41. The highest BCUT2D eigenvalue weighted by molar-refractivity contribution is 5.81. The maximum Gasteiger partial charge on any atom is 0.475 e. The van der Waals surface area contributed by atoms with Crippen LogP contribution in [0.5, 0.6) is 17.2 Å². The van der Waals surface area contributed by atoms with Crippen LogP contribution in [0.1, 0.15) is 147 Å². The van der Waals surface area contributed by atoms with Crippen molar-refractivity contribution in [3.8, 4) is 29.6 Å². The second-order valence-electron chi connectivity index (χ2n) is 21.6. The third-order valence-corrected chi connectivity index (χ3v) is 15.5. The highest BCUT2D eigenvalue weighted by Gasteiger charge is 2.35. The molecule has 4 fully saturated rings. The smallest absolute Gasteiger partial charge is 0.425 e. The SMILES string of the molecule is C.C1CCOC1.CCN.CCNC(=NCC1(c2ccccc2)CCCCC1)NC#N.N#CNC(=NCC1(c2ccccc2)CCCCC1)Oc1ccccc1.NCC1(c2ccccc2)CCCCC1.[C-]#[N+]N=C(Oc1ccccc1)Oc1ccccc1. The van der Waals surface area contributed by atoms with Gasteiger partial charge in [0.25, 0.3) is 0 Å². The quantitative estimate of drug-likeness (QED) is 0.0194. The maximum absolute atomic E-state index is 9.01. The van der Waals surface area contributed by atoms with Gasteiger partial charge in [0.1, 0.15) is 17.2 Å². The second kappa shape index (κ2) is 42.3. The van der Waals surface area contributed by atoms with Gasteiger partial charge < -0.3 is 35.7 Å². The third-order valence-electron chi connectivity index (χ3n) is 15.5. The van der Waals surface area contributed by atoms with E-state index in [-0.39, 0.29) is 30.4 Å². The number of benzene rings is 6. The lowest BCUT2D eigenvalue weighted by atomic mass is 9.69. The van der Waals surface area contributed by atoms with Crippen molar-refractivity contribution in [3.05, 3.63) is 210 Å². The summed E-state index contributed by atoms with van der Waals surface area (Å²) in [5.41, 5.74) is 15.4. The number of nitrogens with two attached hydrogens (primary N) is 2. The molecule has 10 rings (SSSR count). The summed E-state index contributed by atoms with van der Waals surface area (Å²) in [6.45, 7) is 16.3. The summed E-state index contributed by atoms with van der Waals surface area (Å²) in [4.78, 5) is 12.2. The van der Waals surface area contributed by atoms with Gasteiger partial charge >= 0.3 is 12.1 Å². The lowest BCUT2D eigenvalue weighted by Crippen LogP contribution is -2.38. The fraction of sp³-hybridized carbons (Fsp3) is 0.417. The van der Waals surface area contributed by atoms with Crippen molar-refractivity contribution < 1.29 is 18.9 Å². The summed E-state index contributed by atoms with van der Waals surface area (Å²) in [7, 11) is 0. The molecule has 0 aromatic heterocycles. The molecular formula is C72H95N11O4. The number of nitrogens with zero attached hydrogens (tertiary/aromatic N) is 6. The first-order chi connectivity index (χ1) is 42.3. The molecule has 0 spiro atoms. The van der Waals surface area contributed by atoms with Crippen LogP contribution < -0.4 is 41.6 Å². The van der Waals surface area contributed by atoms with Crippen LogP contribution in [0.4, 0.5) is 0 Å². The lowest BCUT2D eigenvalue weighted by Gasteiger charge is -2.36. The van der Waals surface area contributed by atoms with Crippen molar-refractivity contribution >= 4 is 18.1 Å². The van der Waals surface area contributed by atoms with Crippen LogP contribution in [0.25, 0.3) is 4.95 Å². The Morgan fingerprint density at radius 2 is 0.851 bits per heavy atom. The van der Waals surface area contributed by atoms with Crippen LogP contribution in [0.15, 0.2) is 197 Å². The van der Waals surface area contributed by atoms with Crippen molar-refractivity contribution in [3.63, 3.8) is 0 Å². The zero-order valence-corrected chi connectivity index (χ0v) is 50.8. The molecule has 7 N–H and O–H groups in total. The van der Waals surface area contributed by atoms with E-state index in [1.807, 2.05) is 99.0 Å². The molecule has 15 nitrogen and oxygen atoms in total. The van der Waals surface area contributed by atoms with Gasteiger partial charge in [-0.2, -0.15) is 17.1 Å². The Hall–Kier alpha value is -8.52. The summed E-state index contributed by atoms with van der Waals surface area (Å²) < 4.78 is 21.4. The molecule has 0 radical (unpaired) electrons. The van der Waals surface area contributed by atoms with Gasteiger partial charge in [-0.25, -0.2) is 10.3 Å². The number of aliphatic imine (C=N–C) groups is 2. The second-order valence-corrected chi connectivity index (χ2v) is 21.6. The molecule has 0 unspecified atom stereocenters. The summed E-state index contributed by atoms with van der Waals surface area (Å²) in [5.74, 6) is 2.38. The number of nitrogens with one attached hydrogen (secondary N) is 3. The Balaban J connectivity index is 0.000000240. The molecule has 0 amide bonds. The molecule has 87 heavy (non-hydrogen) atoms. The first-order valence-corrected chi connectivity index (χ1v) is 30.7. The molecule has 0 atom stereocenters. The van der Waals surface area contributed by atoms with Gasteiger partial charge in [-0.1, -0.05) is 218 Å². The minimum Gasteiger partial charge on any atom is -0.425 e. The van der Waals surface area contributed by atoms with Crippen LogP contribution >= 0.6 is 0 Å². The molecule has 15 heteroatoms. The first-order valence-electron chi connectivity index (χ1n) is 30.7. The molecule has 1 heterocycles. The number of rotatable bonds is 12. The number of ether oxygens (including phenoxy) is 4. The average molecular weight is 1180 g/mol. The largest absolute Gasteiger partial charge is 0.475 e. The average Bonchev–Trinajstić information content (AvgIpc) is 4.17. The van der Waals surface area contributed by atoms with Crippen LogP contribution in [-0.2, 0) is 21.0 Å². The highest BCUT2D eigenvalue weighted by atomic mass is 16.7. The Kier molecular flexibility index (Phi) is 34.5. The van der Waals surface area contributed by atoms with E-state index in [1.54, 1.807) is 24.3 Å². The van der Waals surface area contributed by atoms with E-state index in [0.29, 0.717) is 35.2 Å². The lowest BCUT2D eigenvalue weighted by molar-refractivity contribution is 0.198. The van der Waals surface area contributed by atoms with Crippen LogP contribution in [-0.4, -0.2) is 64.0 Å². The fourth-order valence-electron chi connectivity index (χ4n) is 11.1. The Bertz CT molecular complexity index is 2890. The van der Waals surface area contributed by atoms with Gasteiger partial charge in [-0.3, -0.25) is 10.3 Å². The zero-order chi connectivity index (χ0) is 61.1. The van der Waals surface area contributed by atoms with E-state index in [9.17, 15) is 0 Å². The van der Waals surface area contributed by atoms with E-state index in [4.69, 9.17) is 47.5 Å². The molecule has 1 aliphatic heterocycles. The van der Waals surface area contributed by atoms with E-state index in [1.165, 1.54) is 113 Å². The minimum absolute atomic E-state index is 0. The standard InChI is InChI=1S/C21H23N3O.C17H24N4.C14H10N2O2.C13H19N.C4H8O.C2H7N.CH4/c22-17-24-20(25-19-12-6-2-7-13-19)23-16-21(14-8-3-9-15-21)18-10-4-1-5-11-18;1-2-19-16(21-14-18)20-13-17(11-7-4-8-12-17)15-9-5-3-6-10-15;1-15-16-14(17-12-8-4-2-5-9-12)18-13-10-6-3-7-11-13;14-11-13(9-5-2-6-10-13)12-7-3-1-4-8-12;1-2-4-5-3-1;1-2-3;/h1-2,4-7,10-13H,3,8-9,14-16H2,(H,23,24);3,5-6,9-10H,2,4,7-8,11-13H2,1H3,(H2,19,20,21);2-11H;1,3-4,7-8H,2,5-6,9-11,14H2;1-4H2;2-3H2,1H3;1H4. The molecule has 3 aliphatic carbocycles. The number of nitriles is 2. The van der Waals surface area contributed by atoms with Crippen molar-refractivity contribution in [2.24, 2.45) is 26.6 Å². The summed E-state index contributed by atoms with van der Waals surface area (Å²) in [5, 5.41) is 29.6. The minimum atomic E-state index is -0.0950. The number of para-hydroxylation sites is 3. The first kappa shape index (κ1) is 71.0. The fourth-order valence-corrected chi connectivity index (χ4v) is 11.1. The predicted octanol–water partition coefficient (Wildman–Crippen LogP) is 14.9. The van der Waals surface area contributed by atoms with Crippen molar-refractivity contribution in [2.75, 3.05) is 45.9 Å². The Morgan fingerprint density at radius 1 is 0.506 bits per heavy atom. The van der Waals surface area contributed by atoms with Gasteiger partial charge in [0.15, 0.2) is 17.5 Å². The van der Waals surface area contributed by atoms with Crippen LogP contribution in [0, 0.1) is 29.5 Å². The van der Waals surface area contributed by atoms with E-state index in [0.717, 1.165) is 52.2 Å². The Labute approximate surface area is 520 Å². The van der Waals surface area contributed by atoms with E-state index < -0.39 is 0 Å². The van der Waals surface area contributed by atoms with Gasteiger partial charge in [0, 0.05) is 42.5 Å². The molecular weight excluding hydrogens is 1080 g/mol. The van der Waals surface area contributed by atoms with Gasteiger partial charge in [0.05, 0.1) is 13.1 Å². The van der Waals surface area contributed by atoms with Crippen molar-refractivity contribution in [1.82, 2.24) is 16.0 Å². The zero-order valence-electron chi connectivity index (χ0n) is 50.8. The maximum atomic E-state index is 9.01. The molecule has 0 bridgehead atoms. The monoisotopic (exact) mass is 1180 g/mol. The molecule has 4 aliphatic rings. The summed E-state index contributed by atoms with van der Waals surface area (Å²) in [6, 6.07) is 59.9. The molecule has 462 valence electrons. The van der Waals surface area contributed by atoms with Crippen molar-refractivity contribution in [1.29, 1.82) is 10.5 Å². The number of amidine groups is 1. The van der Waals surface area contributed by atoms with Gasteiger partial charge in [-0.15, -0.1) is 4.95 Å². The molecule has 6 aromatic carbocycles. The third kappa shape index (κ3) is 25.5. The number of guanidine groups is 1. The summed E-state index contributed by atoms with van der Waals surface area (Å²) in [6.07, 6.45) is 25.1. The molecule has 3 saturated carbocycles. The summed E-state index contributed by atoms with van der Waals surface area (Å²) >= 11 is 0. The molecule has 1 saturated heterocycles. The van der Waals surface area contributed by atoms with Crippen molar-refractivity contribution in [2.45, 2.75) is 147 Å². The van der Waals surface area contributed by atoms with E-state index >= 15 is 0 Å². The normalized spacial score (nSPS) is 15.9. The van der Waals surface area contributed by atoms with Crippen LogP contribution in [0.2, 0.25) is 0 Å². The topological polar surface area (TPSA) is 214 Å². The number of hydrogen-bond acceptors (Lipinski definition) is 11. The number of hydrogen-bond donors (Lipinski definition) is 5. The van der Waals surface area contributed by atoms with Gasteiger partial charge in [-0.05, 0) is 118 Å². The van der Waals surface area contributed by atoms with Gasteiger partial charge in [0.2, 0.25) is 5.96 Å². The molecule has 6 aromatic rings. The predicted molar refractivity (Wildman–Crippen MR) is 355 cm³/mol. The van der Waals surface area contributed by atoms with E-state index in [2.05, 4.69) is 121 Å². The Morgan fingerprint density at radius 3 is 1.18 bits per heavy atom. The van der Waals surface area contributed by atoms with Crippen LogP contribution in [0.3, 0.4) is 0 Å².